The van der Waals surface area contributed by atoms with Crippen LogP contribution in [0.5, 0.6) is 11.5 Å². The van der Waals surface area contributed by atoms with Crippen molar-refractivity contribution < 1.29 is 32.2 Å². The number of methoxy groups -OCH3 is 1. The highest BCUT2D eigenvalue weighted by atomic mass is 79.9. The molecular weight excluding hydrogens is 625 g/mol. The molecule has 2 aromatic carbocycles. The zero-order valence-corrected chi connectivity index (χ0v) is 23.9. The summed E-state index contributed by atoms with van der Waals surface area (Å²) in [6, 6.07) is 7.72. The first-order valence-corrected chi connectivity index (χ1v) is 13.5. The molecular formula is C26H21BrClF3N2O5S. The maximum atomic E-state index is 14.2. The van der Waals surface area contributed by atoms with E-state index in [-0.39, 0.29) is 21.5 Å². The van der Waals surface area contributed by atoms with Crippen LogP contribution in [0.15, 0.2) is 61.9 Å². The number of nitrogens with zero attached hydrogens (tertiary/aromatic N) is 2. The molecule has 13 heteroatoms. The molecule has 1 aliphatic rings. The molecule has 0 unspecified atom stereocenters. The number of esters is 1. The largest absolute Gasteiger partial charge is 0.493 e. The maximum absolute atomic E-state index is 14.2. The number of fused-ring (bicyclic) bond motifs is 1. The number of hydrogen-bond acceptors (Lipinski definition) is 7. The third kappa shape index (κ3) is 5.78. The number of benzene rings is 2. The van der Waals surface area contributed by atoms with Gasteiger partial charge in [-0.1, -0.05) is 35.1 Å². The molecule has 2 heterocycles. The van der Waals surface area contributed by atoms with E-state index in [1.807, 2.05) is 6.92 Å². The number of carbonyl (C=O) groups is 1. The van der Waals surface area contributed by atoms with E-state index in [1.165, 1.54) is 44.4 Å². The summed E-state index contributed by atoms with van der Waals surface area (Å²) in [5.41, 5.74) is -2.07. The number of thiazole rings is 1. The van der Waals surface area contributed by atoms with Gasteiger partial charge in [-0.25, -0.2) is 9.79 Å². The van der Waals surface area contributed by atoms with Crippen LogP contribution < -0.4 is 24.4 Å². The van der Waals surface area contributed by atoms with Crippen LogP contribution in [0, 0.1) is 0 Å². The third-order valence-electron chi connectivity index (χ3n) is 5.62. The SMILES string of the molecule is CCOC(=O)C1=C(C(F)(F)F)N=c2s/c(=C\c3cc(Br)c(OCC)c(OC)c3)c(=O)n2[C@@H]1c1ccc(Cl)cc1. The van der Waals surface area contributed by atoms with Crippen LogP contribution in [0.1, 0.15) is 31.0 Å². The molecule has 0 aliphatic carbocycles. The lowest BCUT2D eigenvalue weighted by Gasteiger charge is -2.26. The van der Waals surface area contributed by atoms with Gasteiger partial charge in [-0.05, 0) is 71.2 Å². The molecule has 39 heavy (non-hydrogen) atoms. The van der Waals surface area contributed by atoms with Crippen LogP contribution in [-0.2, 0) is 9.53 Å². The van der Waals surface area contributed by atoms with Gasteiger partial charge in [0.15, 0.2) is 22.0 Å². The van der Waals surface area contributed by atoms with Gasteiger partial charge < -0.3 is 14.2 Å². The van der Waals surface area contributed by atoms with Gasteiger partial charge in [-0.2, -0.15) is 13.2 Å². The van der Waals surface area contributed by atoms with Crippen LogP contribution in [-0.4, -0.2) is 37.0 Å². The lowest BCUT2D eigenvalue weighted by molar-refractivity contribution is -0.140. The third-order valence-corrected chi connectivity index (χ3v) is 7.44. The van der Waals surface area contributed by atoms with E-state index in [9.17, 15) is 22.8 Å². The number of hydrogen-bond donors (Lipinski definition) is 0. The average molecular weight is 646 g/mol. The highest BCUT2D eigenvalue weighted by Crippen LogP contribution is 2.39. The van der Waals surface area contributed by atoms with E-state index < -0.39 is 35.0 Å². The monoisotopic (exact) mass is 644 g/mol. The molecule has 0 N–H and O–H groups in total. The molecule has 7 nitrogen and oxygen atoms in total. The Morgan fingerprint density at radius 3 is 2.49 bits per heavy atom. The highest BCUT2D eigenvalue weighted by molar-refractivity contribution is 9.10. The van der Waals surface area contributed by atoms with Crippen molar-refractivity contribution in [1.29, 1.82) is 0 Å². The topological polar surface area (TPSA) is 79.1 Å². The summed E-state index contributed by atoms with van der Waals surface area (Å²) in [5, 5.41) is 0.332. The van der Waals surface area contributed by atoms with E-state index in [2.05, 4.69) is 20.9 Å². The van der Waals surface area contributed by atoms with Crippen molar-refractivity contribution in [2.45, 2.75) is 26.1 Å². The summed E-state index contributed by atoms with van der Waals surface area (Å²) in [5.74, 6) is -0.355. The minimum absolute atomic E-state index is 0.0949. The molecule has 0 saturated carbocycles. The second-order valence-corrected chi connectivity index (χ2v) is 10.4. The number of ether oxygens (including phenoxy) is 3. The number of rotatable bonds is 7. The molecule has 0 bridgehead atoms. The van der Waals surface area contributed by atoms with Crippen molar-refractivity contribution in [3.8, 4) is 11.5 Å². The molecule has 1 atom stereocenters. The van der Waals surface area contributed by atoms with E-state index in [0.29, 0.717) is 33.2 Å². The summed E-state index contributed by atoms with van der Waals surface area (Å²) in [4.78, 5) is 30.1. The highest BCUT2D eigenvalue weighted by Gasteiger charge is 2.45. The van der Waals surface area contributed by atoms with Crippen molar-refractivity contribution in [2.75, 3.05) is 20.3 Å². The Hall–Kier alpha value is -3.09. The van der Waals surface area contributed by atoms with E-state index in [4.69, 9.17) is 25.8 Å². The first-order valence-electron chi connectivity index (χ1n) is 11.6. The summed E-state index contributed by atoms with van der Waals surface area (Å²) >= 11 is 10.2. The number of allylic oxidation sites excluding steroid dienone is 1. The van der Waals surface area contributed by atoms with Crippen molar-refractivity contribution in [2.24, 2.45) is 4.99 Å². The summed E-state index contributed by atoms with van der Waals surface area (Å²) in [7, 11) is 1.46. The molecule has 1 aliphatic heterocycles. The quantitative estimate of drug-likeness (QED) is 0.332. The second kappa shape index (κ2) is 11.6. The van der Waals surface area contributed by atoms with Crippen molar-refractivity contribution in [1.82, 2.24) is 4.57 Å². The molecule has 0 radical (unpaired) electrons. The Bertz CT molecular complexity index is 1630. The van der Waals surface area contributed by atoms with E-state index in [0.717, 1.165) is 15.9 Å². The van der Waals surface area contributed by atoms with Gasteiger partial charge in [0.05, 0.1) is 40.9 Å². The van der Waals surface area contributed by atoms with Crippen LogP contribution in [0.4, 0.5) is 13.2 Å². The van der Waals surface area contributed by atoms with E-state index >= 15 is 0 Å². The first kappa shape index (κ1) is 28.9. The fourth-order valence-electron chi connectivity index (χ4n) is 4.06. The Morgan fingerprint density at radius 1 is 1.21 bits per heavy atom. The van der Waals surface area contributed by atoms with Crippen molar-refractivity contribution >= 4 is 50.9 Å². The average Bonchev–Trinajstić information content (AvgIpc) is 3.19. The summed E-state index contributed by atoms with van der Waals surface area (Å²) in [6.07, 6.45) is -3.48. The fraction of sp³-hybridized carbons (Fsp3) is 0.269. The van der Waals surface area contributed by atoms with Crippen LogP contribution in [0.25, 0.3) is 6.08 Å². The Labute approximate surface area is 237 Å². The Morgan fingerprint density at radius 2 is 1.90 bits per heavy atom. The molecule has 3 aromatic rings. The molecule has 0 saturated heterocycles. The van der Waals surface area contributed by atoms with Crippen LogP contribution in [0.2, 0.25) is 5.02 Å². The molecule has 0 spiro atoms. The lowest BCUT2D eigenvalue weighted by Crippen LogP contribution is -2.41. The van der Waals surface area contributed by atoms with E-state index in [1.54, 1.807) is 12.1 Å². The number of halogens is 5. The predicted molar refractivity (Wildman–Crippen MR) is 144 cm³/mol. The van der Waals surface area contributed by atoms with Gasteiger partial charge in [0.25, 0.3) is 5.56 Å². The molecule has 206 valence electrons. The first-order chi connectivity index (χ1) is 18.5. The van der Waals surface area contributed by atoms with Crippen LogP contribution in [0.3, 0.4) is 0 Å². The maximum Gasteiger partial charge on any atom is 0.434 e. The number of carbonyl (C=O) groups excluding carboxylic acids is 1. The van der Waals surface area contributed by atoms with Crippen molar-refractivity contribution in [3.63, 3.8) is 0 Å². The van der Waals surface area contributed by atoms with Gasteiger partial charge in [-0.15, -0.1) is 0 Å². The minimum atomic E-state index is -4.99. The zero-order chi connectivity index (χ0) is 28.5. The Balaban J connectivity index is 2.01. The van der Waals surface area contributed by atoms with Gasteiger partial charge >= 0.3 is 12.1 Å². The number of aromatic nitrogens is 1. The normalized spacial score (nSPS) is 15.6. The van der Waals surface area contributed by atoms with Gasteiger partial charge in [0.2, 0.25) is 0 Å². The standard InChI is InChI=1S/C26H21BrClF3N2O5S/c1-4-37-21-16(27)10-13(11-17(21)36-3)12-18-23(34)33-20(14-6-8-15(28)9-7-14)19(24(35)38-5-2)22(26(29,30)31)32-25(33)39-18/h6-12,20H,4-5H2,1-3H3/b18-12-/t20-/m1/s1. The smallest absolute Gasteiger partial charge is 0.434 e. The molecule has 4 rings (SSSR count). The number of alkyl halides is 3. The molecule has 0 amide bonds. The molecule has 0 fully saturated rings. The van der Waals surface area contributed by atoms with Crippen LogP contribution >= 0.6 is 38.9 Å². The van der Waals surface area contributed by atoms with Crippen molar-refractivity contribution in [3.05, 3.63) is 88.0 Å². The predicted octanol–water partition coefficient (Wildman–Crippen LogP) is 5.16. The van der Waals surface area contributed by atoms with Gasteiger partial charge in [-0.3, -0.25) is 9.36 Å². The van der Waals surface area contributed by atoms with Gasteiger partial charge in [0, 0.05) is 5.02 Å². The lowest BCUT2D eigenvalue weighted by atomic mass is 9.95. The zero-order valence-electron chi connectivity index (χ0n) is 20.8. The van der Waals surface area contributed by atoms with Gasteiger partial charge in [0.1, 0.15) is 0 Å². The second-order valence-electron chi connectivity index (χ2n) is 8.08. The summed E-state index contributed by atoms with van der Waals surface area (Å²) < 4.78 is 60.4. The minimum Gasteiger partial charge on any atom is -0.493 e. The fourth-order valence-corrected chi connectivity index (χ4v) is 5.76. The Kier molecular flexibility index (Phi) is 8.57. The molecule has 1 aromatic heterocycles. The summed E-state index contributed by atoms with van der Waals surface area (Å²) in [6.45, 7) is 3.51.